The first-order valence-corrected chi connectivity index (χ1v) is 6.09. The summed E-state index contributed by atoms with van der Waals surface area (Å²) >= 11 is 0. The highest BCUT2D eigenvalue weighted by molar-refractivity contribution is 6.04. The molecule has 21 heavy (non-hydrogen) atoms. The third-order valence-corrected chi connectivity index (χ3v) is 2.59. The van der Waals surface area contributed by atoms with Crippen LogP contribution in [0.2, 0.25) is 0 Å². The molecule has 0 fully saturated rings. The molecule has 2 aromatic rings. The quantitative estimate of drug-likeness (QED) is 0.721. The summed E-state index contributed by atoms with van der Waals surface area (Å²) in [6.45, 7) is 0.139. The van der Waals surface area contributed by atoms with Gasteiger partial charge in [-0.3, -0.25) is 9.59 Å². The standard InChI is InChI=1S/C15H12FN3O2/c16-13-9-12(4-3-10(13)2-1-6-17)19-15(21)11-5-7-18-14(20)8-11/h3-5,7-9H,6,17H2,(H,18,20)(H,19,21). The second-order valence-electron chi connectivity index (χ2n) is 4.10. The Hall–Kier alpha value is -2.91. The summed E-state index contributed by atoms with van der Waals surface area (Å²) in [4.78, 5) is 25.4. The van der Waals surface area contributed by atoms with Crippen molar-refractivity contribution in [3.05, 3.63) is 63.8 Å². The van der Waals surface area contributed by atoms with E-state index in [0.29, 0.717) is 0 Å². The van der Waals surface area contributed by atoms with Gasteiger partial charge in [0.15, 0.2) is 0 Å². The van der Waals surface area contributed by atoms with Gasteiger partial charge in [-0.05, 0) is 24.3 Å². The normalized spacial score (nSPS) is 9.62. The van der Waals surface area contributed by atoms with Gasteiger partial charge < -0.3 is 16.0 Å². The Bertz CT molecular complexity index is 787. The molecular weight excluding hydrogens is 273 g/mol. The predicted octanol–water partition coefficient (Wildman–Crippen LogP) is 1.08. The van der Waals surface area contributed by atoms with E-state index in [9.17, 15) is 14.0 Å². The molecule has 106 valence electrons. The number of hydrogen-bond donors (Lipinski definition) is 3. The van der Waals surface area contributed by atoms with Gasteiger partial charge in [-0.25, -0.2) is 4.39 Å². The molecule has 1 aromatic heterocycles. The molecule has 0 aliphatic carbocycles. The molecular formula is C15H12FN3O2. The number of aromatic amines is 1. The molecule has 1 amide bonds. The third kappa shape index (κ3) is 3.78. The number of H-pyrrole nitrogens is 1. The van der Waals surface area contributed by atoms with Gasteiger partial charge in [-0.2, -0.15) is 0 Å². The average molecular weight is 285 g/mol. The Morgan fingerprint density at radius 1 is 1.33 bits per heavy atom. The van der Waals surface area contributed by atoms with Gasteiger partial charge >= 0.3 is 0 Å². The van der Waals surface area contributed by atoms with E-state index in [4.69, 9.17) is 5.73 Å². The first-order valence-electron chi connectivity index (χ1n) is 6.09. The zero-order valence-corrected chi connectivity index (χ0v) is 10.9. The van der Waals surface area contributed by atoms with Gasteiger partial charge in [-0.1, -0.05) is 11.8 Å². The van der Waals surface area contributed by atoms with Crippen LogP contribution in [0.15, 0.2) is 41.3 Å². The van der Waals surface area contributed by atoms with Crippen LogP contribution in [0.4, 0.5) is 10.1 Å². The third-order valence-electron chi connectivity index (χ3n) is 2.59. The molecule has 0 saturated carbocycles. The van der Waals surface area contributed by atoms with Crippen molar-refractivity contribution < 1.29 is 9.18 Å². The van der Waals surface area contributed by atoms with E-state index in [-0.39, 0.29) is 28.9 Å². The molecule has 0 bridgehead atoms. The smallest absolute Gasteiger partial charge is 0.255 e. The highest BCUT2D eigenvalue weighted by Crippen LogP contribution is 2.14. The number of nitrogens with two attached hydrogens (primary N) is 1. The number of anilines is 1. The lowest BCUT2D eigenvalue weighted by Gasteiger charge is -2.05. The molecule has 6 heteroatoms. The molecule has 1 aromatic carbocycles. The maximum absolute atomic E-state index is 13.7. The monoisotopic (exact) mass is 285 g/mol. The number of pyridine rings is 1. The molecule has 0 unspecified atom stereocenters. The summed E-state index contributed by atoms with van der Waals surface area (Å²) in [5.74, 6) is 4.08. The number of rotatable bonds is 2. The Labute approximate surface area is 120 Å². The molecule has 1 heterocycles. The molecule has 2 rings (SSSR count). The van der Waals surface area contributed by atoms with Gasteiger partial charge in [0.25, 0.3) is 5.91 Å². The predicted molar refractivity (Wildman–Crippen MR) is 77.3 cm³/mol. The summed E-state index contributed by atoms with van der Waals surface area (Å²) in [6.07, 6.45) is 1.36. The van der Waals surface area contributed by atoms with Gasteiger partial charge in [-0.15, -0.1) is 0 Å². The van der Waals surface area contributed by atoms with Crippen LogP contribution in [0.1, 0.15) is 15.9 Å². The van der Waals surface area contributed by atoms with Crippen LogP contribution in [0.3, 0.4) is 0 Å². The molecule has 0 radical (unpaired) electrons. The van der Waals surface area contributed by atoms with Crippen molar-refractivity contribution in [1.82, 2.24) is 4.98 Å². The number of amides is 1. The van der Waals surface area contributed by atoms with Crippen LogP contribution < -0.4 is 16.6 Å². The van der Waals surface area contributed by atoms with Gasteiger partial charge in [0.05, 0.1) is 12.1 Å². The van der Waals surface area contributed by atoms with Crippen molar-refractivity contribution in [3.8, 4) is 11.8 Å². The maximum atomic E-state index is 13.7. The Morgan fingerprint density at radius 3 is 2.81 bits per heavy atom. The van der Waals surface area contributed by atoms with Crippen molar-refractivity contribution in [1.29, 1.82) is 0 Å². The van der Waals surface area contributed by atoms with Crippen molar-refractivity contribution >= 4 is 11.6 Å². The van der Waals surface area contributed by atoms with Crippen molar-refractivity contribution in [2.24, 2.45) is 5.73 Å². The average Bonchev–Trinajstić information content (AvgIpc) is 2.46. The molecule has 0 aliphatic heterocycles. The topological polar surface area (TPSA) is 88.0 Å². The second kappa shape index (κ2) is 6.50. The number of nitrogens with one attached hydrogen (secondary N) is 2. The SMILES string of the molecule is NCC#Cc1ccc(NC(=O)c2cc[nH]c(=O)c2)cc1F. The highest BCUT2D eigenvalue weighted by atomic mass is 19.1. The Morgan fingerprint density at radius 2 is 2.14 bits per heavy atom. The molecule has 0 spiro atoms. The number of carbonyl (C=O) groups is 1. The number of aromatic nitrogens is 1. The fraction of sp³-hybridized carbons (Fsp3) is 0.0667. The first kappa shape index (κ1) is 14.5. The van der Waals surface area contributed by atoms with Crippen molar-refractivity contribution in [3.63, 3.8) is 0 Å². The number of benzene rings is 1. The van der Waals surface area contributed by atoms with Crippen LogP contribution in [0.5, 0.6) is 0 Å². The van der Waals surface area contributed by atoms with Gasteiger partial charge in [0.2, 0.25) is 5.56 Å². The number of carbonyl (C=O) groups excluding carboxylic acids is 1. The minimum Gasteiger partial charge on any atom is -0.329 e. The van der Waals surface area contributed by atoms with Crippen LogP contribution in [-0.4, -0.2) is 17.4 Å². The largest absolute Gasteiger partial charge is 0.329 e. The Kier molecular flexibility index (Phi) is 4.49. The maximum Gasteiger partial charge on any atom is 0.255 e. The zero-order valence-electron chi connectivity index (χ0n) is 10.9. The van der Waals surface area contributed by atoms with E-state index in [1.807, 2.05) is 0 Å². The zero-order chi connectivity index (χ0) is 15.2. The molecule has 0 saturated heterocycles. The van der Waals surface area contributed by atoms with E-state index >= 15 is 0 Å². The van der Waals surface area contributed by atoms with Crippen LogP contribution in [0.25, 0.3) is 0 Å². The summed E-state index contributed by atoms with van der Waals surface area (Å²) in [5, 5.41) is 2.50. The summed E-state index contributed by atoms with van der Waals surface area (Å²) in [5.41, 5.74) is 5.49. The Balaban J connectivity index is 2.18. The van der Waals surface area contributed by atoms with E-state index in [0.717, 1.165) is 12.1 Å². The van der Waals surface area contributed by atoms with E-state index < -0.39 is 11.7 Å². The fourth-order valence-electron chi connectivity index (χ4n) is 1.63. The second-order valence-corrected chi connectivity index (χ2v) is 4.10. The molecule has 0 atom stereocenters. The van der Waals surface area contributed by atoms with E-state index in [1.54, 1.807) is 0 Å². The lowest BCUT2D eigenvalue weighted by molar-refractivity contribution is 0.102. The first-order chi connectivity index (χ1) is 10.1. The molecule has 4 N–H and O–H groups in total. The van der Waals surface area contributed by atoms with Crippen LogP contribution in [0, 0.1) is 17.7 Å². The van der Waals surface area contributed by atoms with Gasteiger partial charge in [0, 0.05) is 23.5 Å². The fourth-order valence-corrected chi connectivity index (χ4v) is 1.63. The molecule has 5 nitrogen and oxygen atoms in total. The van der Waals surface area contributed by atoms with Crippen LogP contribution in [-0.2, 0) is 0 Å². The highest BCUT2D eigenvalue weighted by Gasteiger charge is 2.08. The van der Waals surface area contributed by atoms with E-state index in [1.165, 1.54) is 24.4 Å². The minimum absolute atomic E-state index is 0.139. The number of hydrogen-bond acceptors (Lipinski definition) is 3. The lowest BCUT2D eigenvalue weighted by Crippen LogP contribution is -2.15. The van der Waals surface area contributed by atoms with Crippen molar-refractivity contribution in [2.75, 3.05) is 11.9 Å². The molecule has 0 aliphatic rings. The summed E-state index contributed by atoms with van der Waals surface area (Å²) in [7, 11) is 0. The minimum atomic E-state index is -0.556. The summed E-state index contributed by atoms with van der Waals surface area (Å²) in [6, 6.07) is 6.74. The number of halogens is 1. The van der Waals surface area contributed by atoms with Crippen LogP contribution >= 0.6 is 0 Å². The summed E-state index contributed by atoms with van der Waals surface area (Å²) < 4.78 is 13.7. The lowest BCUT2D eigenvalue weighted by atomic mass is 10.2. The van der Waals surface area contributed by atoms with Crippen molar-refractivity contribution in [2.45, 2.75) is 0 Å². The van der Waals surface area contributed by atoms with E-state index in [2.05, 4.69) is 22.1 Å². The van der Waals surface area contributed by atoms with Gasteiger partial charge in [0.1, 0.15) is 5.82 Å².